The molecule has 11 heavy (non-hydrogen) atoms. The lowest BCUT2D eigenvalue weighted by Gasteiger charge is -1.89. The van der Waals surface area contributed by atoms with Crippen LogP contribution in [0, 0.1) is 10.1 Å². The number of hydrogen-bond donors (Lipinski definition) is 1. The van der Waals surface area contributed by atoms with Crippen molar-refractivity contribution in [1.29, 1.82) is 0 Å². The number of hydrogen-bond acceptors (Lipinski definition) is 3. The Morgan fingerprint density at radius 1 is 1.27 bits per heavy atom. The van der Waals surface area contributed by atoms with E-state index in [2.05, 4.69) is 0 Å². The lowest BCUT2D eigenvalue weighted by atomic mass is 10.3. The maximum Gasteiger partial charge on any atom is 0.269 e. The number of rotatable bonds is 1. The van der Waals surface area contributed by atoms with Crippen LogP contribution in [0.3, 0.4) is 0 Å². The van der Waals surface area contributed by atoms with Gasteiger partial charge in [0.15, 0.2) is 0 Å². The SMILES string of the molecule is O=[N+]([O-])c1ccc(O)cc1.S. The van der Waals surface area contributed by atoms with Crippen LogP contribution in [0.4, 0.5) is 5.69 Å². The van der Waals surface area contributed by atoms with Gasteiger partial charge in [0.05, 0.1) is 4.92 Å². The first-order chi connectivity index (χ1) is 4.70. The van der Waals surface area contributed by atoms with Gasteiger partial charge in [-0.3, -0.25) is 10.1 Å². The molecule has 5 heteroatoms. The van der Waals surface area contributed by atoms with Crippen molar-refractivity contribution in [3.63, 3.8) is 0 Å². The van der Waals surface area contributed by atoms with E-state index >= 15 is 0 Å². The first-order valence-corrected chi connectivity index (χ1v) is 2.63. The summed E-state index contributed by atoms with van der Waals surface area (Å²) in [5.74, 6) is 0.0330. The Bertz CT molecular complexity index is 247. The largest absolute Gasteiger partial charge is 0.508 e. The van der Waals surface area contributed by atoms with Crippen molar-refractivity contribution in [2.45, 2.75) is 0 Å². The zero-order chi connectivity index (χ0) is 7.56. The van der Waals surface area contributed by atoms with Crippen molar-refractivity contribution >= 4 is 19.2 Å². The normalized spacial score (nSPS) is 8.36. The molecule has 0 fully saturated rings. The third-order valence-corrected chi connectivity index (χ3v) is 1.06. The van der Waals surface area contributed by atoms with Crippen LogP contribution in [-0.2, 0) is 0 Å². The highest BCUT2D eigenvalue weighted by Gasteiger charge is 2.01. The number of nitro groups is 1. The second kappa shape index (κ2) is 3.82. The van der Waals surface area contributed by atoms with Crippen LogP contribution in [0.1, 0.15) is 0 Å². The first-order valence-electron chi connectivity index (χ1n) is 2.63. The molecule has 0 radical (unpaired) electrons. The maximum absolute atomic E-state index is 10.0. The van der Waals surface area contributed by atoms with E-state index in [-0.39, 0.29) is 24.9 Å². The van der Waals surface area contributed by atoms with Crippen molar-refractivity contribution < 1.29 is 10.0 Å². The van der Waals surface area contributed by atoms with Crippen LogP contribution in [-0.4, -0.2) is 10.0 Å². The van der Waals surface area contributed by atoms with E-state index in [4.69, 9.17) is 5.11 Å². The summed E-state index contributed by atoms with van der Waals surface area (Å²) in [4.78, 5) is 9.52. The number of phenols is 1. The number of nitrogens with zero attached hydrogens (tertiary/aromatic N) is 1. The summed E-state index contributed by atoms with van der Waals surface area (Å²) in [6.45, 7) is 0. The van der Waals surface area contributed by atoms with Crippen LogP contribution in [0.15, 0.2) is 24.3 Å². The lowest BCUT2D eigenvalue weighted by molar-refractivity contribution is -0.384. The summed E-state index contributed by atoms with van der Waals surface area (Å²) in [5.41, 5.74) is -0.0159. The summed E-state index contributed by atoms with van der Waals surface area (Å²) >= 11 is 0. The zero-order valence-electron chi connectivity index (χ0n) is 5.52. The highest BCUT2D eigenvalue weighted by Crippen LogP contribution is 2.14. The highest BCUT2D eigenvalue weighted by molar-refractivity contribution is 7.59. The predicted molar refractivity (Wildman–Crippen MR) is 45.1 cm³/mol. The van der Waals surface area contributed by atoms with E-state index in [9.17, 15) is 10.1 Å². The minimum Gasteiger partial charge on any atom is -0.508 e. The van der Waals surface area contributed by atoms with Crippen molar-refractivity contribution in [3.05, 3.63) is 34.4 Å². The molecule has 0 saturated heterocycles. The summed E-state index contributed by atoms with van der Waals surface area (Å²) in [5, 5.41) is 18.8. The summed E-state index contributed by atoms with van der Waals surface area (Å²) in [6, 6.07) is 5.04. The second-order valence-electron chi connectivity index (χ2n) is 1.77. The van der Waals surface area contributed by atoms with Crippen LogP contribution in [0.5, 0.6) is 5.75 Å². The first kappa shape index (κ1) is 9.77. The molecule has 0 aliphatic rings. The Morgan fingerprint density at radius 2 is 1.73 bits per heavy atom. The van der Waals surface area contributed by atoms with Gasteiger partial charge in [0.1, 0.15) is 5.75 Å². The van der Waals surface area contributed by atoms with Gasteiger partial charge in [0, 0.05) is 12.1 Å². The molecule has 0 aliphatic carbocycles. The molecule has 0 saturated carbocycles. The molecule has 0 bridgehead atoms. The van der Waals surface area contributed by atoms with Gasteiger partial charge in [-0.25, -0.2) is 0 Å². The van der Waals surface area contributed by atoms with Gasteiger partial charge < -0.3 is 5.11 Å². The van der Waals surface area contributed by atoms with E-state index in [1.54, 1.807) is 0 Å². The van der Waals surface area contributed by atoms with Gasteiger partial charge in [0.25, 0.3) is 5.69 Å². The Labute approximate surface area is 70.1 Å². The fraction of sp³-hybridized carbons (Fsp3) is 0. The van der Waals surface area contributed by atoms with E-state index in [1.807, 2.05) is 0 Å². The zero-order valence-corrected chi connectivity index (χ0v) is 6.52. The van der Waals surface area contributed by atoms with Gasteiger partial charge in [0.2, 0.25) is 0 Å². The number of nitro benzene ring substituents is 1. The molecule has 0 atom stereocenters. The van der Waals surface area contributed by atoms with Crippen molar-refractivity contribution in [1.82, 2.24) is 0 Å². The van der Waals surface area contributed by atoms with Gasteiger partial charge in [-0.1, -0.05) is 0 Å². The molecule has 1 aromatic carbocycles. The summed E-state index contributed by atoms with van der Waals surface area (Å²) in [7, 11) is 0. The molecule has 60 valence electrons. The minimum absolute atomic E-state index is 0. The summed E-state index contributed by atoms with van der Waals surface area (Å²) in [6.07, 6.45) is 0. The van der Waals surface area contributed by atoms with Crippen molar-refractivity contribution in [3.8, 4) is 5.75 Å². The number of non-ortho nitro benzene ring substituents is 1. The second-order valence-corrected chi connectivity index (χ2v) is 1.77. The fourth-order valence-corrected chi connectivity index (χ4v) is 0.574. The molecule has 0 heterocycles. The molecule has 0 amide bonds. The minimum atomic E-state index is -0.514. The molecule has 0 unspecified atom stereocenters. The molecule has 4 nitrogen and oxygen atoms in total. The fourth-order valence-electron chi connectivity index (χ4n) is 0.574. The third-order valence-electron chi connectivity index (χ3n) is 1.06. The monoisotopic (exact) mass is 173 g/mol. The molecule has 1 rings (SSSR count). The van der Waals surface area contributed by atoms with Gasteiger partial charge in [-0.15, -0.1) is 0 Å². The lowest BCUT2D eigenvalue weighted by Crippen LogP contribution is -1.85. The van der Waals surface area contributed by atoms with Crippen LogP contribution >= 0.6 is 13.5 Å². The molecule has 0 aromatic heterocycles. The van der Waals surface area contributed by atoms with Crippen molar-refractivity contribution in [2.75, 3.05) is 0 Å². The molecule has 1 aromatic rings. The Morgan fingerprint density at radius 3 is 2.09 bits per heavy atom. The van der Waals surface area contributed by atoms with Gasteiger partial charge >= 0.3 is 0 Å². The Hall–Kier alpha value is -1.23. The van der Waals surface area contributed by atoms with E-state index in [0.29, 0.717) is 0 Å². The van der Waals surface area contributed by atoms with Crippen LogP contribution < -0.4 is 0 Å². The van der Waals surface area contributed by atoms with E-state index < -0.39 is 4.92 Å². The maximum atomic E-state index is 10.0. The molecule has 1 N–H and O–H groups in total. The topological polar surface area (TPSA) is 63.4 Å². The highest BCUT2D eigenvalue weighted by atomic mass is 32.1. The Balaban J connectivity index is 0.000001000. The molecule has 0 aliphatic heterocycles. The number of aromatic hydroxyl groups is 1. The molecular formula is C6H7NO3S. The van der Waals surface area contributed by atoms with Gasteiger partial charge in [-0.05, 0) is 12.1 Å². The standard InChI is InChI=1S/C6H5NO3.H2S/c8-6-3-1-5(2-4-6)7(9)10;/h1-4,8H;1H2. The molecule has 0 spiro atoms. The average molecular weight is 173 g/mol. The quantitative estimate of drug-likeness (QED) is 0.516. The number of benzene rings is 1. The molecular weight excluding hydrogens is 166 g/mol. The number of phenolic OH excluding ortho intramolecular Hbond substituents is 1. The third kappa shape index (κ3) is 2.46. The van der Waals surface area contributed by atoms with E-state index in [1.165, 1.54) is 24.3 Å². The Kier molecular flexibility index (Phi) is 3.39. The smallest absolute Gasteiger partial charge is 0.269 e. The summed E-state index contributed by atoms with van der Waals surface area (Å²) < 4.78 is 0. The predicted octanol–water partition coefficient (Wildman–Crippen LogP) is 1.41. The van der Waals surface area contributed by atoms with Crippen LogP contribution in [0.2, 0.25) is 0 Å². The van der Waals surface area contributed by atoms with E-state index in [0.717, 1.165) is 0 Å². The average Bonchev–Trinajstić information content (AvgIpc) is 1.88. The van der Waals surface area contributed by atoms with Crippen LogP contribution in [0.25, 0.3) is 0 Å². The van der Waals surface area contributed by atoms with Crippen molar-refractivity contribution in [2.24, 2.45) is 0 Å². The van der Waals surface area contributed by atoms with Gasteiger partial charge in [-0.2, -0.15) is 13.5 Å².